The van der Waals surface area contributed by atoms with Gasteiger partial charge in [-0.25, -0.2) is 0 Å². The summed E-state index contributed by atoms with van der Waals surface area (Å²) in [4.78, 5) is 10.6. The van der Waals surface area contributed by atoms with Crippen molar-refractivity contribution in [1.82, 2.24) is 0 Å². The number of Topliss-reactive ketones (excluding diaryl/α,β-unsaturated/α-hetero) is 1. The van der Waals surface area contributed by atoms with Crippen molar-refractivity contribution in [3.05, 3.63) is 24.3 Å². The molecule has 0 spiro atoms. The number of alkyl halides is 3. The van der Waals surface area contributed by atoms with E-state index in [4.69, 9.17) is 0 Å². The van der Waals surface area contributed by atoms with Crippen LogP contribution >= 0.6 is 0 Å². The average Bonchev–Trinajstić information content (AvgIpc) is 2.53. The van der Waals surface area contributed by atoms with E-state index in [0.29, 0.717) is 0 Å². The third-order valence-electron chi connectivity index (χ3n) is 3.90. The fraction of sp³-hybridized carbons (Fsp3) is 0.750. The number of carbonyl (C=O) groups excluding carboxylic acids is 1. The molecule has 0 saturated carbocycles. The van der Waals surface area contributed by atoms with Gasteiger partial charge < -0.3 is 0 Å². The van der Waals surface area contributed by atoms with E-state index in [2.05, 4.69) is 19.1 Å². The molecule has 0 aliphatic heterocycles. The normalized spacial score (nSPS) is 12.5. The number of rotatable bonds is 15. The molecule has 0 amide bonds. The van der Waals surface area contributed by atoms with Crippen molar-refractivity contribution in [3.8, 4) is 0 Å². The van der Waals surface area contributed by atoms with Gasteiger partial charge >= 0.3 is 6.18 Å². The van der Waals surface area contributed by atoms with E-state index in [1.807, 2.05) is 6.08 Å². The van der Waals surface area contributed by atoms with Crippen molar-refractivity contribution in [2.75, 3.05) is 0 Å². The standard InChI is InChI=1S/C20H33F3O/c1-2-3-4-5-6-7-8-9-10-11-12-13-14-15-16-17-18-19(24)20(21,22)23/h5-6,15-16H,2-4,7-14,17-18H2,1H3/b6-5-,16-15+. The summed E-state index contributed by atoms with van der Waals surface area (Å²) < 4.78 is 35.9. The molecule has 0 N–H and O–H groups in total. The van der Waals surface area contributed by atoms with Crippen LogP contribution in [0.4, 0.5) is 13.2 Å². The zero-order valence-electron chi connectivity index (χ0n) is 15.0. The SMILES string of the molecule is CCCC/C=C\CCCCCCCC/C=C/CCC(=O)C(F)(F)F. The first kappa shape index (κ1) is 22.9. The Kier molecular flexibility index (Phi) is 14.8. The van der Waals surface area contributed by atoms with Gasteiger partial charge in [-0.3, -0.25) is 4.79 Å². The lowest BCUT2D eigenvalue weighted by Crippen LogP contribution is -2.21. The third-order valence-corrected chi connectivity index (χ3v) is 3.90. The van der Waals surface area contributed by atoms with Crippen LogP contribution in [0.2, 0.25) is 0 Å². The summed E-state index contributed by atoms with van der Waals surface area (Å²) in [5, 5.41) is 0. The van der Waals surface area contributed by atoms with Gasteiger partial charge in [0, 0.05) is 6.42 Å². The Balaban J connectivity index is 3.29. The molecule has 0 aliphatic carbocycles. The second-order valence-electron chi connectivity index (χ2n) is 6.24. The fourth-order valence-corrected chi connectivity index (χ4v) is 2.38. The van der Waals surface area contributed by atoms with Crippen LogP contribution in [0.5, 0.6) is 0 Å². The molecule has 0 aromatic heterocycles. The van der Waals surface area contributed by atoms with Crippen molar-refractivity contribution >= 4 is 5.78 Å². The van der Waals surface area contributed by atoms with Gasteiger partial charge in [-0.2, -0.15) is 13.2 Å². The van der Waals surface area contributed by atoms with Gasteiger partial charge in [0.25, 0.3) is 0 Å². The average molecular weight is 346 g/mol. The lowest BCUT2D eigenvalue weighted by molar-refractivity contribution is -0.170. The van der Waals surface area contributed by atoms with Crippen LogP contribution in [-0.4, -0.2) is 12.0 Å². The molecule has 24 heavy (non-hydrogen) atoms. The van der Waals surface area contributed by atoms with Crippen molar-refractivity contribution in [2.24, 2.45) is 0 Å². The Morgan fingerprint density at radius 1 is 0.708 bits per heavy atom. The first-order valence-corrected chi connectivity index (χ1v) is 9.38. The molecule has 0 bridgehead atoms. The smallest absolute Gasteiger partial charge is 0.290 e. The van der Waals surface area contributed by atoms with E-state index in [0.717, 1.165) is 19.3 Å². The zero-order valence-corrected chi connectivity index (χ0v) is 15.0. The molecular formula is C20H33F3O. The molecule has 0 saturated heterocycles. The van der Waals surface area contributed by atoms with Gasteiger partial charge in [0.05, 0.1) is 0 Å². The number of carbonyl (C=O) groups is 1. The van der Waals surface area contributed by atoms with Crippen LogP contribution in [0.25, 0.3) is 0 Å². The van der Waals surface area contributed by atoms with Crippen molar-refractivity contribution < 1.29 is 18.0 Å². The Morgan fingerprint density at radius 3 is 1.58 bits per heavy atom. The first-order chi connectivity index (χ1) is 11.5. The molecule has 0 aliphatic rings. The van der Waals surface area contributed by atoms with Gasteiger partial charge in [0.15, 0.2) is 0 Å². The van der Waals surface area contributed by atoms with Gasteiger partial charge in [-0.1, -0.05) is 69.8 Å². The van der Waals surface area contributed by atoms with Crippen LogP contribution in [0, 0.1) is 0 Å². The monoisotopic (exact) mass is 346 g/mol. The topological polar surface area (TPSA) is 17.1 Å². The maximum Gasteiger partial charge on any atom is 0.449 e. The summed E-state index contributed by atoms with van der Waals surface area (Å²) >= 11 is 0. The molecule has 0 unspecified atom stereocenters. The number of hydrogen-bond acceptors (Lipinski definition) is 1. The molecule has 0 rings (SSSR count). The molecule has 1 nitrogen and oxygen atoms in total. The Bertz CT molecular complexity index is 356. The summed E-state index contributed by atoms with van der Waals surface area (Å²) in [6, 6.07) is 0. The van der Waals surface area contributed by atoms with E-state index >= 15 is 0 Å². The Morgan fingerprint density at radius 2 is 1.12 bits per heavy atom. The second-order valence-corrected chi connectivity index (χ2v) is 6.24. The molecule has 0 fully saturated rings. The number of unbranched alkanes of at least 4 members (excludes halogenated alkanes) is 9. The third kappa shape index (κ3) is 15.8. The van der Waals surface area contributed by atoms with E-state index in [-0.39, 0.29) is 6.42 Å². The minimum absolute atomic E-state index is 0.185. The maximum atomic E-state index is 12.0. The highest BCUT2D eigenvalue weighted by Crippen LogP contribution is 2.18. The van der Waals surface area contributed by atoms with Crippen LogP contribution in [0.3, 0.4) is 0 Å². The van der Waals surface area contributed by atoms with Gasteiger partial charge in [-0.15, -0.1) is 0 Å². The first-order valence-electron chi connectivity index (χ1n) is 9.38. The van der Waals surface area contributed by atoms with Crippen LogP contribution in [0.15, 0.2) is 24.3 Å². The highest BCUT2D eigenvalue weighted by Gasteiger charge is 2.36. The summed E-state index contributed by atoms with van der Waals surface area (Å²) in [6.07, 6.45) is 16.3. The molecule has 0 aromatic carbocycles. The van der Waals surface area contributed by atoms with Gasteiger partial charge in [0.1, 0.15) is 0 Å². The van der Waals surface area contributed by atoms with Crippen LogP contribution in [0.1, 0.15) is 90.4 Å². The van der Waals surface area contributed by atoms with Crippen molar-refractivity contribution in [1.29, 1.82) is 0 Å². The molecule has 140 valence electrons. The Hall–Kier alpha value is -1.06. The largest absolute Gasteiger partial charge is 0.449 e. The summed E-state index contributed by atoms with van der Waals surface area (Å²) in [5.41, 5.74) is 0. The summed E-state index contributed by atoms with van der Waals surface area (Å²) in [7, 11) is 0. The minimum atomic E-state index is -4.68. The molecule has 0 heterocycles. The molecule has 0 aromatic rings. The van der Waals surface area contributed by atoms with Crippen molar-refractivity contribution in [3.63, 3.8) is 0 Å². The van der Waals surface area contributed by atoms with E-state index in [9.17, 15) is 18.0 Å². The number of hydrogen-bond donors (Lipinski definition) is 0. The second kappa shape index (κ2) is 15.5. The zero-order chi connectivity index (χ0) is 18.1. The number of halogens is 3. The number of ketones is 1. The van der Waals surface area contributed by atoms with Crippen LogP contribution in [-0.2, 0) is 4.79 Å². The number of allylic oxidation sites excluding steroid dienone is 4. The quantitative estimate of drug-likeness (QED) is 0.224. The van der Waals surface area contributed by atoms with E-state index < -0.39 is 18.4 Å². The molecule has 4 heteroatoms. The van der Waals surface area contributed by atoms with E-state index in [1.165, 1.54) is 51.4 Å². The maximum absolute atomic E-state index is 12.0. The lowest BCUT2D eigenvalue weighted by atomic mass is 10.1. The van der Waals surface area contributed by atoms with E-state index in [1.54, 1.807) is 6.08 Å². The molecular weight excluding hydrogens is 313 g/mol. The Labute approximate surface area is 145 Å². The van der Waals surface area contributed by atoms with Crippen LogP contribution < -0.4 is 0 Å². The predicted octanol–water partition coefficient (Wildman–Crippen LogP) is 7.32. The fourth-order valence-electron chi connectivity index (χ4n) is 2.38. The van der Waals surface area contributed by atoms with Crippen molar-refractivity contribution in [2.45, 2.75) is 96.6 Å². The predicted molar refractivity (Wildman–Crippen MR) is 95.0 cm³/mol. The van der Waals surface area contributed by atoms with Gasteiger partial charge in [-0.05, 0) is 38.5 Å². The van der Waals surface area contributed by atoms with Gasteiger partial charge in [0.2, 0.25) is 5.78 Å². The highest BCUT2D eigenvalue weighted by atomic mass is 19.4. The molecule has 0 radical (unpaired) electrons. The summed E-state index contributed by atoms with van der Waals surface area (Å²) in [6.45, 7) is 2.21. The highest BCUT2D eigenvalue weighted by molar-refractivity contribution is 5.84. The summed E-state index contributed by atoms with van der Waals surface area (Å²) in [5.74, 6) is -1.63. The molecule has 0 atom stereocenters. The minimum Gasteiger partial charge on any atom is -0.290 e. The lowest BCUT2D eigenvalue weighted by Gasteiger charge is -2.02.